The number of hydrogen-bond acceptors (Lipinski definition) is 5. The van der Waals surface area contributed by atoms with Crippen molar-refractivity contribution >= 4 is 109 Å². The normalized spacial score (nSPS) is 11.7. The zero-order valence-electron chi connectivity index (χ0n) is 68.3. The Morgan fingerprint density at radius 2 is 0.484 bits per heavy atom. The lowest BCUT2D eigenvalue weighted by Crippen LogP contribution is -2.00. The Bertz CT molecular complexity index is 8420. The third-order valence-electron chi connectivity index (χ3n) is 24.9. The smallest absolute Gasteiger partial charge is 0.164 e. The monoisotopic (exact) mass is 1610 g/mol. The molecule has 0 saturated carbocycles. The molecule has 588 valence electrons. The molecule has 0 fully saturated rings. The topological polar surface area (TPSA) is 84.2 Å². The fourth-order valence-corrected chi connectivity index (χ4v) is 18.9. The van der Waals surface area contributed by atoms with Crippen LogP contribution >= 0.6 is 0 Å². The predicted molar refractivity (Wildman–Crippen MR) is 523 cm³/mol. The van der Waals surface area contributed by atoms with Crippen molar-refractivity contribution in [3.63, 3.8) is 0 Å². The zero-order valence-corrected chi connectivity index (χ0v) is 68.3. The van der Waals surface area contributed by atoms with Crippen LogP contribution in [0, 0.1) is 0 Å². The summed E-state index contributed by atoms with van der Waals surface area (Å²) in [6, 6.07) is 162. The van der Waals surface area contributed by atoms with Crippen molar-refractivity contribution < 1.29 is 0 Å². The Balaban J connectivity index is 0.000000142. The molecule has 0 aliphatic heterocycles. The summed E-state index contributed by atoms with van der Waals surface area (Å²) in [6.07, 6.45) is 0. The van der Waals surface area contributed by atoms with E-state index < -0.39 is 0 Å². The predicted octanol–water partition coefficient (Wildman–Crippen LogP) is 30.0. The van der Waals surface area contributed by atoms with Crippen LogP contribution in [0.2, 0.25) is 0 Å². The van der Waals surface area contributed by atoms with Gasteiger partial charge in [-0.25, -0.2) is 24.9 Å². The molecule has 0 saturated heterocycles. The minimum Gasteiger partial charge on any atom is -0.309 e. The van der Waals surface area contributed by atoms with Crippen molar-refractivity contribution in [2.24, 2.45) is 0 Å². The maximum atomic E-state index is 5.25. The Hall–Kier alpha value is -17.0. The van der Waals surface area contributed by atoms with Gasteiger partial charge < -0.3 is 18.3 Å². The molecule has 19 aromatic carbocycles. The van der Waals surface area contributed by atoms with Crippen molar-refractivity contribution in [2.45, 2.75) is 0 Å². The van der Waals surface area contributed by atoms with Gasteiger partial charge in [-0.2, -0.15) is 0 Å². The molecule has 25 aromatic rings. The summed E-state index contributed by atoms with van der Waals surface area (Å²) in [5.74, 6) is 2.58. The summed E-state index contributed by atoms with van der Waals surface area (Å²) in [5.41, 5.74) is 28.4. The number of nitrogens with zero attached hydrogens (tertiary/aromatic N) is 9. The maximum absolute atomic E-state index is 5.25. The molecule has 126 heavy (non-hydrogen) atoms. The van der Waals surface area contributed by atoms with Crippen molar-refractivity contribution in [1.82, 2.24) is 43.2 Å². The van der Waals surface area contributed by atoms with E-state index in [4.69, 9.17) is 24.9 Å². The molecule has 25 rings (SSSR count). The molecule has 0 radical (unpaired) electrons. The van der Waals surface area contributed by atoms with Crippen LogP contribution in [-0.2, 0) is 0 Å². The highest BCUT2D eigenvalue weighted by Crippen LogP contribution is 2.47. The third-order valence-corrected chi connectivity index (χ3v) is 24.9. The van der Waals surface area contributed by atoms with Gasteiger partial charge in [0.05, 0.1) is 61.2 Å². The molecule has 0 aliphatic rings. The first-order chi connectivity index (χ1) is 62.5. The lowest BCUT2D eigenvalue weighted by Gasteiger charge is -2.13. The molecule has 9 nitrogen and oxygen atoms in total. The van der Waals surface area contributed by atoms with E-state index in [-0.39, 0.29) is 0 Å². The first-order valence-corrected chi connectivity index (χ1v) is 42.8. The fourth-order valence-electron chi connectivity index (χ4n) is 18.9. The lowest BCUT2D eigenvalue weighted by molar-refractivity contribution is 1.07. The van der Waals surface area contributed by atoms with Gasteiger partial charge in [-0.3, -0.25) is 0 Å². The molecule has 0 amide bonds. The molecule has 0 bridgehead atoms. The van der Waals surface area contributed by atoms with Crippen molar-refractivity contribution in [1.29, 1.82) is 0 Å². The van der Waals surface area contributed by atoms with Crippen molar-refractivity contribution in [2.75, 3.05) is 0 Å². The number of hydrogen-bond donors (Lipinski definition) is 0. The van der Waals surface area contributed by atoms with Crippen LogP contribution in [0.5, 0.6) is 0 Å². The zero-order chi connectivity index (χ0) is 83.1. The Morgan fingerprint density at radius 3 is 1.02 bits per heavy atom. The number of aromatic nitrogens is 9. The highest BCUT2D eigenvalue weighted by molar-refractivity contribution is 6.28. The second kappa shape index (κ2) is 30.6. The van der Waals surface area contributed by atoms with Crippen LogP contribution in [0.25, 0.3) is 233 Å². The molecule has 0 atom stereocenters. The molecule has 6 aromatic heterocycles. The molecule has 0 unspecified atom stereocenters. The van der Waals surface area contributed by atoms with Gasteiger partial charge in [0, 0.05) is 98.9 Å². The number of benzene rings is 19. The Morgan fingerprint density at radius 1 is 0.151 bits per heavy atom. The molecular weight excluding hydrogens is 1530 g/mol. The quantitative estimate of drug-likeness (QED) is 0.115. The van der Waals surface area contributed by atoms with Gasteiger partial charge in [0.2, 0.25) is 0 Å². The van der Waals surface area contributed by atoms with Gasteiger partial charge in [-0.15, -0.1) is 0 Å². The average Bonchev–Trinajstić information content (AvgIpc) is 1.55. The largest absolute Gasteiger partial charge is 0.309 e. The van der Waals surface area contributed by atoms with E-state index in [1.54, 1.807) is 0 Å². The second-order valence-electron chi connectivity index (χ2n) is 32.2. The highest BCUT2D eigenvalue weighted by atomic mass is 15.1. The summed E-state index contributed by atoms with van der Waals surface area (Å²) >= 11 is 0. The maximum Gasteiger partial charge on any atom is 0.164 e. The molecule has 0 aliphatic carbocycles. The van der Waals surface area contributed by atoms with E-state index >= 15 is 0 Å². The number of para-hydroxylation sites is 4. The highest BCUT2D eigenvalue weighted by Gasteiger charge is 2.26. The summed E-state index contributed by atoms with van der Waals surface area (Å²) < 4.78 is 9.75. The fraction of sp³-hybridized carbons (Fsp3) is 0. The Labute approximate surface area is 726 Å². The van der Waals surface area contributed by atoms with Crippen LogP contribution in [0.3, 0.4) is 0 Å². The molecule has 9 heteroatoms. The van der Waals surface area contributed by atoms with Gasteiger partial charge in [0.25, 0.3) is 0 Å². The van der Waals surface area contributed by atoms with Crippen LogP contribution < -0.4 is 0 Å². The second-order valence-corrected chi connectivity index (χ2v) is 32.2. The van der Waals surface area contributed by atoms with Crippen LogP contribution in [0.1, 0.15) is 0 Å². The lowest BCUT2D eigenvalue weighted by atomic mass is 10.0. The SMILES string of the molecule is c1ccc(-c2ccc(-c3cc(-c4ccc(-n5c6ccccc6c6c5ccc5c7ccccc7n(-c7cccc8ccccc78)c56)cc4)nc(-c4ccc(-c5ccccc5)cc4)n3)cc2)cc1.c1ccc(-c2cccc(-c3nc(-c4ccccc4)nc(-c4ccc(-n5c6ccccc6c6c5ccc5c7ccccc7n(-c7ccc8ccccc8c7)c56)cc4)n3)c2)cc1. The van der Waals surface area contributed by atoms with E-state index in [1.807, 2.05) is 42.5 Å². The standard InChI is InChI=1S/C62H40N4.C55H35N5/c1-3-14-41(15-4-1)43-26-30-46(31-27-43)54-40-55(64-62(63-54)48-32-28-44(29-33-48)42-16-5-2-6-17-42)47-34-36-49(37-35-47)65-58-24-12-10-22-53(58)60-59(65)39-38-52-51-21-9-11-23-57(51)66(61(52)60)56-25-13-19-45-18-7-8-20-50(45)56;1-3-14-36(15-4-1)40-20-13-21-42(34-40)55-57-53(38-17-5-2-6-18-38)56-54(58-55)39-27-29-43(30-28-39)59-49-25-12-10-23-47(49)51-50(59)33-32-46-45-22-9-11-24-48(45)60(52(46)51)44-31-26-37-16-7-8-19-41(37)35-44/h1-40H;1-35H. The van der Waals surface area contributed by atoms with Gasteiger partial charge in [0.1, 0.15) is 0 Å². The van der Waals surface area contributed by atoms with Gasteiger partial charge >= 0.3 is 0 Å². The van der Waals surface area contributed by atoms with Crippen molar-refractivity contribution in [3.8, 4) is 124 Å². The number of fused-ring (bicyclic) bond motifs is 16. The van der Waals surface area contributed by atoms with E-state index in [1.165, 1.54) is 109 Å². The summed E-state index contributed by atoms with van der Waals surface area (Å²) in [4.78, 5) is 25.6. The summed E-state index contributed by atoms with van der Waals surface area (Å²) in [6.45, 7) is 0. The van der Waals surface area contributed by atoms with E-state index in [0.29, 0.717) is 23.3 Å². The first-order valence-electron chi connectivity index (χ1n) is 42.8. The van der Waals surface area contributed by atoms with Crippen LogP contribution in [-0.4, -0.2) is 43.2 Å². The molecular formula is C117H75N9. The van der Waals surface area contributed by atoms with Gasteiger partial charge in [-0.1, -0.05) is 352 Å². The molecule has 0 spiro atoms. The first kappa shape index (κ1) is 73.0. The average molecular weight is 1610 g/mol. The summed E-state index contributed by atoms with van der Waals surface area (Å²) in [7, 11) is 0. The molecule has 0 N–H and O–H groups in total. The van der Waals surface area contributed by atoms with E-state index in [0.717, 1.165) is 101 Å². The minimum atomic E-state index is 0.624. The van der Waals surface area contributed by atoms with Gasteiger partial charge in [0.15, 0.2) is 23.3 Å². The van der Waals surface area contributed by atoms with Crippen molar-refractivity contribution in [3.05, 3.63) is 455 Å². The van der Waals surface area contributed by atoms with Crippen LogP contribution in [0.15, 0.2) is 455 Å². The summed E-state index contributed by atoms with van der Waals surface area (Å²) in [5, 5.41) is 14.7. The minimum absolute atomic E-state index is 0.624. The Kier molecular flexibility index (Phi) is 17.7. The van der Waals surface area contributed by atoms with Gasteiger partial charge in [-0.05, 0) is 153 Å². The van der Waals surface area contributed by atoms with E-state index in [2.05, 4.69) is 431 Å². The molecule has 6 heterocycles. The van der Waals surface area contributed by atoms with E-state index in [9.17, 15) is 0 Å². The number of rotatable bonds is 13. The third kappa shape index (κ3) is 12.7. The van der Waals surface area contributed by atoms with Crippen LogP contribution in [0.4, 0.5) is 0 Å².